The zero-order valence-corrected chi connectivity index (χ0v) is 26.8. The number of hydrogen-bond acceptors (Lipinski definition) is 4. The Hall–Kier alpha value is -2.49. The van der Waals surface area contributed by atoms with Crippen LogP contribution in [0.15, 0.2) is 71.6 Å². The maximum absolute atomic E-state index is 14.2. The van der Waals surface area contributed by atoms with Crippen LogP contribution in [-0.4, -0.2) is 43.3 Å². The molecule has 3 aromatic carbocycles. The molecule has 0 bridgehead atoms. The van der Waals surface area contributed by atoms with Crippen LogP contribution in [-0.2, 0) is 26.2 Å². The molecule has 1 atom stereocenters. The Morgan fingerprint density at radius 2 is 1.41 bits per heavy atom. The molecule has 0 saturated carbocycles. The molecular formula is C29H31Cl4N3O4S. The van der Waals surface area contributed by atoms with Crippen molar-refractivity contribution in [2.45, 2.75) is 57.1 Å². The van der Waals surface area contributed by atoms with Crippen LogP contribution in [0.5, 0.6) is 0 Å². The molecule has 0 aliphatic rings. The minimum Gasteiger partial charge on any atom is -0.350 e. The molecule has 3 aromatic rings. The van der Waals surface area contributed by atoms with Gasteiger partial charge in [0, 0.05) is 27.7 Å². The highest BCUT2D eigenvalue weighted by Crippen LogP contribution is 2.36. The van der Waals surface area contributed by atoms with Gasteiger partial charge in [-0.3, -0.25) is 13.9 Å². The van der Waals surface area contributed by atoms with Crippen molar-refractivity contribution in [1.29, 1.82) is 0 Å². The number of halogens is 4. The summed E-state index contributed by atoms with van der Waals surface area (Å²) in [7, 11) is -4.30. The summed E-state index contributed by atoms with van der Waals surface area (Å²) in [6.45, 7) is 6.40. The van der Waals surface area contributed by atoms with Gasteiger partial charge in [0.25, 0.3) is 10.0 Å². The summed E-state index contributed by atoms with van der Waals surface area (Å²) in [6, 6.07) is 16.1. The SMILES string of the molecule is CCC(C(=O)NC(C)(C)C)N(Cc1c(Cl)cccc1Cl)C(=O)CN(c1cccc(Cl)c1Cl)S(=O)(=O)c1ccccc1. The molecule has 0 heterocycles. The molecule has 1 N–H and O–H groups in total. The topological polar surface area (TPSA) is 86.8 Å². The summed E-state index contributed by atoms with van der Waals surface area (Å²) in [5, 5.41) is 3.58. The van der Waals surface area contributed by atoms with E-state index < -0.39 is 40.0 Å². The number of anilines is 1. The van der Waals surface area contributed by atoms with Crippen molar-refractivity contribution in [3.05, 3.63) is 92.4 Å². The Kier molecular flexibility index (Phi) is 11.0. The van der Waals surface area contributed by atoms with E-state index in [-0.39, 0.29) is 33.6 Å². The highest BCUT2D eigenvalue weighted by atomic mass is 35.5. The van der Waals surface area contributed by atoms with E-state index >= 15 is 0 Å². The lowest BCUT2D eigenvalue weighted by atomic mass is 10.1. The fourth-order valence-corrected chi connectivity index (χ4v) is 6.56. The second-order valence-electron chi connectivity index (χ2n) is 10.3. The number of hydrogen-bond donors (Lipinski definition) is 1. The Balaban J connectivity index is 2.15. The molecule has 2 amide bonds. The predicted octanol–water partition coefficient (Wildman–Crippen LogP) is 7.22. The first kappa shape index (κ1) is 33.0. The minimum absolute atomic E-state index is 0.0132. The van der Waals surface area contributed by atoms with E-state index in [1.807, 2.05) is 20.8 Å². The lowest BCUT2D eigenvalue weighted by Gasteiger charge is -2.35. The van der Waals surface area contributed by atoms with Crippen molar-refractivity contribution in [2.24, 2.45) is 0 Å². The number of carbonyl (C=O) groups excluding carboxylic acids is 2. The van der Waals surface area contributed by atoms with Gasteiger partial charge in [-0.05, 0) is 63.6 Å². The summed E-state index contributed by atoms with van der Waals surface area (Å²) >= 11 is 25.6. The van der Waals surface area contributed by atoms with Crippen molar-refractivity contribution >= 4 is 73.9 Å². The van der Waals surface area contributed by atoms with Gasteiger partial charge in [0.2, 0.25) is 11.8 Å². The summed E-state index contributed by atoms with van der Waals surface area (Å²) in [6.07, 6.45) is 0.235. The molecule has 7 nitrogen and oxygen atoms in total. The van der Waals surface area contributed by atoms with E-state index in [0.29, 0.717) is 15.6 Å². The molecule has 0 aliphatic heterocycles. The first-order valence-corrected chi connectivity index (χ1v) is 15.7. The van der Waals surface area contributed by atoms with Crippen LogP contribution in [0.4, 0.5) is 5.69 Å². The molecule has 0 spiro atoms. The maximum atomic E-state index is 14.2. The van der Waals surface area contributed by atoms with Gasteiger partial charge >= 0.3 is 0 Å². The van der Waals surface area contributed by atoms with Gasteiger partial charge in [-0.1, -0.05) is 83.7 Å². The second kappa shape index (κ2) is 13.7. The van der Waals surface area contributed by atoms with E-state index in [2.05, 4.69) is 5.32 Å². The molecule has 0 saturated heterocycles. The van der Waals surface area contributed by atoms with Gasteiger partial charge in [-0.2, -0.15) is 0 Å². The molecule has 0 aromatic heterocycles. The first-order chi connectivity index (χ1) is 19.2. The molecular weight excluding hydrogens is 628 g/mol. The van der Waals surface area contributed by atoms with E-state index in [1.54, 1.807) is 43.3 Å². The average Bonchev–Trinajstić information content (AvgIpc) is 2.90. The molecule has 41 heavy (non-hydrogen) atoms. The normalized spacial score (nSPS) is 12.5. The number of rotatable bonds is 10. The van der Waals surface area contributed by atoms with E-state index in [0.717, 1.165) is 4.31 Å². The molecule has 12 heteroatoms. The largest absolute Gasteiger partial charge is 0.350 e. The average molecular weight is 659 g/mol. The smallest absolute Gasteiger partial charge is 0.264 e. The zero-order valence-electron chi connectivity index (χ0n) is 23.0. The van der Waals surface area contributed by atoms with Crippen molar-refractivity contribution in [2.75, 3.05) is 10.8 Å². The lowest BCUT2D eigenvalue weighted by Crippen LogP contribution is -2.55. The van der Waals surface area contributed by atoms with Crippen LogP contribution in [0.2, 0.25) is 20.1 Å². The number of sulfonamides is 1. The summed E-state index contributed by atoms with van der Waals surface area (Å²) in [4.78, 5) is 28.8. The van der Waals surface area contributed by atoms with Crippen molar-refractivity contribution in [1.82, 2.24) is 10.2 Å². The van der Waals surface area contributed by atoms with Crippen LogP contribution in [0.25, 0.3) is 0 Å². The standard InChI is InChI=1S/C29H31Cl4N3O4S/c1-5-24(28(38)34-29(2,3)4)35(17-20-21(30)13-9-14-22(20)31)26(37)18-36(25-16-10-15-23(32)27(25)33)41(39,40)19-11-7-6-8-12-19/h6-16,24H,5,17-18H2,1-4H3,(H,34,38). The van der Waals surface area contributed by atoms with Gasteiger partial charge in [0.15, 0.2) is 0 Å². The van der Waals surface area contributed by atoms with Crippen molar-refractivity contribution in [3.63, 3.8) is 0 Å². The quantitative estimate of drug-likeness (QED) is 0.249. The maximum Gasteiger partial charge on any atom is 0.264 e. The highest BCUT2D eigenvalue weighted by Gasteiger charge is 2.36. The molecule has 3 rings (SSSR count). The lowest BCUT2D eigenvalue weighted by molar-refractivity contribution is -0.141. The van der Waals surface area contributed by atoms with E-state index in [9.17, 15) is 18.0 Å². The van der Waals surface area contributed by atoms with Gasteiger partial charge in [-0.15, -0.1) is 0 Å². The number of benzene rings is 3. The van der Waals surface area contributed by atoms with Gasteiger partial charge in [0.1, 0.15) is 12.6 Å². The number of nitrogens with one attached hydrogen (secondary N) is 1. The molecule has 0 aliphatic carbocycles. The van der Waals surface area contributed by atoms with Crippen LogP contribution in [0.1, 0.15) is 39.7 Å². The Morgan fingerprint density at radius 1 is 0.854 bits per heavy atom. The molecule has 1 unspecified atom stereocenters. The predicted molar refractivity (Wildman–Crippen MR) is 166 cm³/mol. The third-order valence-corrected chi connectivity index (χ3v) is 9.38. The molecule has 0 radical (unpaired) electrons. The van der Waals surface area contributed by atoms with Crippen LogP contribution < -0.4 is 9.62 Å². The first-order valence-electron chi connectivity index (χ1n) is 12.7. The van der Waals surface area contributed by atoms with Crippen LogP contribution in [0, 0.1) is 0 Å². The highest BCUT2D eigenvalue weighted by molar-refractivity contribution is 7.92. The fraction of sp³-hybridized carbons (Fsp3) is 0.310. The number of amides is 2. The monoisotopic (exact) mass is 657 g/mol. The zero-order chi connectivity index (χ0) is 30.5. The third-order valence-electron chi connectivity index (χ3n) is 6.08. The summed E-state index contributed by atoms with van der Waals surface area (Å²) in [5.41, 5.74) is -0.151. The van der Waals surface area contributed by atoms with Crippen LogP contribution in [0.3, 0.4) is 0 Å². The number of nitrogens with zero attached hydrogens (tertiary/aromatic N) is 2. The Labute approximate surface area is 261 Å². The third kappa shape index (κ3) is 8.08. The molecule has 220 valence electrons. The van der Waals surface area contributed by atoms with Crippen molar-refractivity contribution < 1.29 is 18.0 Å². The Morgan fingerprint density at radius 3 is 1.98 bits per heavy atom. The Bertz CT molecular complexity index is 1490. The van der Waals surface area contributed by atoms with Crippen molar-refractivity contribution in [3.8, 4) is 0 Å². The number of carbonyl (C=O) groups is 2. The minimum atomic E-state index is -4.30. The summed E-state index contributed by atoms with van der Waals surface area (Å²) < 4.78 is 28.7. The van der Waals surface area contributed by atoms with Gasteiger partial charge < -0.3 is 10.2 Å². The van der Waals surface area contributed by atoms with E-state index in [1.165, 1.54) is 35.2 Å². The summed E-state index contributed by atoms with van der Waals surface area (Å²) in [5.74, 6) is -1.08. The second-order valence-corrected chi connectivity index (χ2v) is 13.7. The van der Waals surface area contributed by atoms with E-state index in [4.69, 9.17) is 46.4 Å². The molecule has 0 fully saturated rings. The van der Waals surface area contributed by atoms with Gasteiger partial charge in [-0.25, -0.2) is 8.42 Å². The van der Waals surface area contributed by atoms with Crippen LogP contribution >= 0.6 is 46.4 Å². The fourth-order valence-electron chi connectivity index (χ4n) is 4.14. The van der Waals surface area contributed by atoms with Gasteiger partial charge in [0.05, 0.1) is 20.6 Å².